The number of pyridine rings is 1. The van der Waals surface area contributed by atoms with Crippen LogP contribution in [0.25, 0.3) is 0 Å². The number of likely N-dealkylation sites (N-methyl/N-ethyl adjacent to an activating group) is 1. The van der Waals surface area contributed by atoms with E-state index < -0.39 is 40.6 Å². The molecule has 1 saturated carbocycles. The highest BCUT2D eigenvalue weighted by molar-refractivity contribution is 7.79. The molecule has 0 N–H and O–H groups in total. The molecular formula is C25H23F4N5O3S. The molecule has 2 amide bonds. The molecule has 1 aliphatic heterocycles. The summed E-state index contributed by atoms with van der Waals surface area (Å²) in [6, 6.07) is 6.04. The fourth-order valence-electron chi connectivity index (χ4n) is 4.61. The molecule has 1 aromatic heterocycles. The Hall–Kier alpha value is -3.63. The number of rotatable bonds is 6. The van der Waals surface area contributed by atoms with Crippen molar-refractivity contribution in [3.05, 3.63) is 53.1 Å². The van der Waals surface area contributed by atoms with Gasteiger partial charge in [-0.05, 0) is 43.5 Å². The quantitative estimate of drug-likeness (QED) is 0.399. The molecule has 4 rings (SSSR count). The van der Waals surface area contributed by atoms with Gasteiger partial charge in [-0.25, -0.2) is 9.37 Å². The van der Waals surface area contributed by atoms with Crippen molar-refractivity contribution in [2.24, 2.45) is 0 Å². The highest BCUT2D eigenvalue weighted by Gasteiger charge is 2.51. The van der Waals surface area contributed by atoms with Gasteiger partial charge in [0.25, 0.3) is 11.8 Å². The first-order chi connectivity index (χ1) is 18.0. The van der Waals surface area contributed by atoms with Gasteiger partial charge in [0.05, 0.1) is 41.7 Å². The lowest BCUT2D eigenvalue weighted by atomic mass is 9.74. The highest BCUT2D eigenvalue weighted by Crippen LogP contribution is 2.43. The highest BCUT2D eigenvalue weighted by atomic mass is 32.1. The molecule has 0 unspecified atom stereocenters. The zero-order chi connectivity index (χ0) is 27.7. The number of nitriles is 1. The summed E-state index contributed by atoms with van der Waals surface area (Å²) < 4.78 is 60.7. The Labute approximate surface area is 221 Å². The van der Waals surface area contributed by atoms with Crippen molar-refractivity contribution in [2.75, 3.05) is 43.2 Å². The number of benzene rings is 1. The fourth-order valence-corrected chi connectivity index (χ4v) is 4.94. The van der Waals surface area contributed by atoms with Crippen LogP contribution < -0.4 is 9.80 Å². The molecule has 13 heteroatoms. The van der Waals surface area contributed by atoms with Crippen LogP contribution >= 0.6 is 12.2 Å². The van der Waals surface area contributed by atoms with Crippen LogP contribution in [0.1, 0.15) is 40.9 Å². The van der Waals surface area contributed by atoms with E-state index in [1.54, 1.807) is 0 Å². The number of carbonyl (C=O) groups excluding carboxylic acids is 2. The van der Waals surface area contributed by atoms with E-state index >= 15 is 4.39 Å². The molecule has 2 heterocycles. The summed E-state index contributed by atoms with van der Waals surface area (Å²) in [5.74, 6) is -1.84. The van der Waals surface area contributed by atoms with Gasteiger partial charge in [0.1, 0.15) is 17.4 Å². The third-order valence-corrected chi connectivity index (χ3v) is 7.09. The lowest BCUT2D eigenvalue weighted by molar-refractivity contribution is -0.138. The second kappa shape index (κ2) is 10.6. The molecule has 0 spiro atoms. The van der Waals surface area contributed by atoms with Crippen LogP contribution in [0.5, 0.6) is 0 Å². The van der Waals surface area contributed by atoms with Gasteiger partial charge >= 0.3 is 6.18 Å². The van der Waals surface area contributed by atoms with Crippen LogP contribution in [-0.2, 0) is 15.7 Å². The predicted octanol–water partition coefficient (Wildman–Crippen LogP) is 3.93. The van der Waals surface area contributed by atoms with Crippen molar-refractivity contribution in [1.82, 2.24) is 9.88 Å². The van der Waals surface area contributed by atoms with E-state index in [2.05, 4.69) is 4.98 Å². The second-order valence-electron chi connectivity index (χ2n) is 8.99. The number of nitrogens with zero attached hydrogens (tertiary/aromatic N) is 5. The summed E-state index contributed by atoms with van der Waals surface area (Å²) in [7, 11) is 1.30. The van der Waals surface area contributed by atoms with Crippen LogP contribution in [-0.4, -0.2) is 66.1 Å². The number of anilines is 2. The molecule has 0 atom stereocenters. The summed E-state index contributed by atoms with van der Waals surface area (Å²) in [5.41, 5.74) is -2.20. The Morgan fingerprint density at radius 1 is 1.21 bits per heavy atom. The molecule has 0 radical (unpaired) electrons. The molecule has 2 aromatic rings. The number of hydrogen-bond acceptors (Lipinski definition) is 6. The minimum atomic E-state index is -4.84. The Morgan fingerprint density at radius 2 is 1.89 bits per heavy atom. The van der Waals surface area contributed by atoms with Gasteiger partial charge in [0, 0.05) is 25.8 Å². The zero-order valence-corrected chi connectivity index (χ0v) is 21.1. The first-order valence-corrected chi connectivity index (χ1v) is 12.2. The Kier molecular flexibility index (Phi) is 7.66. The molecule has 1 saturated heterocycles. The molecule has 38 heavy (non-hydrogen) atoms. The number of ether oxygens (including phenoxy) is 1. The van der Waals surface area contributed by atoms with Crippen LogP contribution in [0.2, 0.25) is 0 Å². The topological polar surface area (TPSA) is 89.8 Å². The van der Waals surface area contributed by atoms with Gasteiger partial charge in [-0.3, -0.25) is 9.59 Å². The third-order valence-electron chi connectivity index (χ3n) is 6.88. The van der Waals surface area contributed by atoms with Crippen LogP contribution in [0.3, 0.4) is 0 Å². The Balaban J connectivity index is 1.63. The maximum Gasteiger partial charge on any atom is 0.419 e. The summed E-state index contributed by atoms with van der Waals surface area (Å²) in [4.78, 5) is 34.0. The molecule has 0 bridgehead atoms. The van der Waals surface area contributed by atoms with Crippen molar-refractivity contribution in [2.45, 2.75) is 31.0 Å². The molecule has 1 aromatic carbocycles. The predicted molar refractivity (Wildman–Crippen MR) is 133 cm³/mol. The smallest absolute Gasteiger partial charge is 0.378 e. The number of carbonyl (C=O) groups is 2. The number of amides is 2. The minimum Gasteiger partial charge on any atom is -0.378 e. The first kappa shape index (κ1) is 27.4. The van der Waals surface area contributed by atoms with Crippen molar-refractivity contribution in [3.63, 3.8) is 0 Å². The molecular weight excluding hydrogens is 526 g/mol. The van der Waals surface area contributed by atoms with Crippen LogP contribution in [0.4, 0.5) is 28.9 Å². The maximum absolute atomic E-state index is 15.1. The average Bonchev–Trinajstić information content (AvgIpc) is 2.89. The molecule has 2 fully saturated rings. The Bertz CT molecular complexity index is 1300. The van der Waals surface area contributed by atoms with E-state index in [1.165, 1.54) is 40.5 Å². The fraction of sp³-hybridized carbons (Fsp3) is 0.400. The standard InChI is InChI=1S/C25H23F4N5O3S/c1-32(17-11-19(25(27,28)29)21(13-30)31-14-17)23(36)24(5-2-6-24)34(15-38)16-3-4-18(20(26)12-16)22(35)33-7-9-37-10-8-33/h3-4,11-12,14-15H,2,5-10H2,1H3. The van der Waals surface area contributed by atoms with E-state index in [4.69, 9.17) is 22.2 Å². The number of aromatic nitrogens is 1. The largest absolute Gasteiger partial charge is 0.419 e. The molecule has 2 aliphatic rings. The molecule has 200 valence electrons. The van der Waals surface area contributed by atoms with Crippen LogP contribution in [0.15, 0.2) is 30.5 Å². The zero-order valence-electron chi connectivity index (χ0n) is 20.3. The second-order valence-corrected chi connectivity index (χ2v) is 9.20. The van der Waals surface area contributed by atoms with Crippen molar-refractivity contribution >= 4 is 40.9 Å². The van der Waals surface area contributed by atoms with Crippen molar-refractivity contribution in [3.8, 4) is 6.07 Å². The van der Waals surface area contributed by atoms with Gasteiger partial charge in [-0.2, -0.15) is 18.4 Å². The Morgan fingerprint density at radius 3 is 2.42 bits per heavy atom. The van der Waals surface area contributed by atoms with Crippen LogP contribution in [0, 0.1) is 17.1 Å². The lowest BCUT2D eigenvalue weighted by Gasteiger charge is -2.49. The summed E-state index contributed by atoms with van der Waals surface area (Å²) in [6.45, 7) is 1.41. The average molecular weight is 550 g/mol. The van der Waals surface area contributed by atoms with E-state index in [0.29, 0.717) is 51.6 Å². The monoisotopic (exact) mass is 549 g/mol. The van der Waals surface area contributed by atoms with E-state index in [1.807, 2.05) is 0 Å². The van der Waals surface area contributed by atoms with E-state index in [0.717, 1.165) is 17.2 Å². The SMILES string of the molecule is CN(C(=O)C1(N(C=S)c2ccc(C(=O)N3CCOCC3)c(F)c2)CCC1)c1cnc(C#N)c(C(F)(F)F)c1. The van der Waals surface area contributed by atoms with E-state index in [9.17, 15) is 22.8 Å². The lowest BCUT2D eigenvalue weighted by Crippen LogP contribution is -2.63. The number of hydrogen-bond donors (Lipinski definition) is 0. The van der Waals surface area contributed by atoms with Crippen molar-refractivity contribution < 1.29 is 31.9 Å². The summed E-state index contributed by atoms with van der Waals surface area (Å²) in [5, 5.41) is 9.00. The van der Waals surface area contributed by atoms with Gasteiger partial charge in [0.15, 0.2) is 5.69 Å². The third kappa shape index (κ3) is 4.93. The molecule has 1 aliphatic carbocycles. The first-order valence-electron chi connectivity index (χ1n) is 11.7. The molecule has 8 nitrogen and oxygen atoms in total. The minimum absolute atomic E-state index is 0.130. The normalized spacial score (nSPS) is 16.7. The number of halogens is 4. The number of alkyl halides is 3. The van der Waals surface area contributed by atoms with Crippen molar-refractivity contribution in [1.29, 1.82) is 5.26 Å². The van der Waals surface area contributed by atoms with Gasteiger partial charge in [0.2, 0.25) is 0 Å². The van der Waals surface area contributed by atoms with E-state index in [-0.39, 0.29) is 16.9 Å². The number of morpholine rings is 1. The summed E-state index contributed by atoms with van der Waals surface area (Å²) in [6.07, 6.45) is -2.56. The van der Waals surface area contributed by atoms with Gasteiger partial charge in [-0.15, -0.1) is 0 Å². The van der Waals surface area contributed by atoms with Gasteiger partial charge in [-0.1, -0.05) is 12.2 Å². The maximum atomic E-state index is 15.1. The van der Waals surface area contributed by atoms with Gasteiger partial charge < -0.3 is 19.4 Å². The number of thiocarbonyl (C=S) groups is 1. The summed E-state index contributed by atoms with van der Waals surface area (Å²) >= 11 is 5.18.